The number of ether oxygens (including phenoxy) is 1. The van der Waals surface area contributed by atoms with Gasteiger partial charge in [0.15, 0.2) is 0 Å². The van der Waals surface area contributed by atoms with Crippen LogP contribution >= 0.6 is 50.5 Å². The SMILES string of the molecule is O=C(N/N=C\c1cc(Br)ccc1OC(=O)c1ccco1)c1ccc(NC(=O)c2sc3cc(Cl)ccc3c2Cl)cc1. The normalized spacial score (nSPS) is 11.1. The summed E-state index contributed by atoms with van der Waals surface area (Å²) >= 11 is 17.0. The number of benzene rings is 3. The van der Waals surface area contributed by atoms with E-state index < -0.39 is 11.9 Å². The van der Waals surface area contributed by atoms with Crippen molar-refractivity contribution in [1.82, 2.24) is 5.43 Å². The molecule has 2 amide bonds. The van der Waals surface area contributed by atoms with Crippen LogP contribution < -0.4 is 15.5 Å². The fraction of sp³-hybridized carbons (Fsp3) is 0. The van der Waals surface area contributed by atoms with Crippen LogP contribution in [-0.4, -0.2) is 24.0 Å². The minimum absolute atomic E-state index is 0.0515. The zero-order valence-corrected chi connectivity index (χ0v) is 24.0. The molecule has 200 valence electrons. The number of amides is 2. The number of furan rings is 1. The molecule has 0 aliphatic rings. The topological polar surface area (TPSA) is 110 Å². The predicted molar refractivity (Wildman–Crippen MR) is 159 cm³/mol. The molecule has 8 nitrogen and oxygen atoms in total. The van der Waals surface area contributed by atoms with Crippen molar-refractivity contribution in [1.29, 1.82) is 0 Å². The fourth-order valence-electron chi connectivity index (χ4n) is 3.56. The molecule has 0 saturated carbocycles. The lowest BCUT2D eigenvalue weighted by Crippen LogP contribution is -2.18. The first-order valence-corrected chi connectivity index (χ1v) is 13.8. The highest BCUT2D eigenvalue weighted by molar-refractivity contribution is 9.10. The van der Waals surface area contributed by atoms with Crippen LogP contribution in [0.1, 0.15) is 36.1 Å². The number of carbonyl (C=O) groups excluding carboxylic acids is 3. The smallest absolute Gasteiger partial charge is 0.379 e. The summed E-state index contributed by atoms with van der Waals surface area (Å²) < 4.78 is 12.0. The van der Waals surface area contributed by atoms with Crippen molar-refractivity contribution in [2.75, 3.05) is 5.32 Å². The molecule has 0 saturated heterocycles. The highest BCUT2D eigenvalue weighted by Crippen LogP contribution is 2.37. The van der Waals surface area contributed by atoms with Crippen LogP contribution in [0.4, 0.5) is 5.69 Å². The molecule has 0 spiro atoms. The lowest BCUT2D eigenvalue weighted by Gasteiger charge is -2.07. The molecule has 2 N–H and O–H groups in total. The van der Waals surface area contributed by atoms with Crippen molar-refractivity contribution in [3.8, 4) is 5.75 Å². The van der Waals surface area contributed by atoms with Gasteiger partial charge in [0.1, 0.15) is 10.6 Å². The Morgan fingerprint density at radius 3 is 2.52 bits per heavy atom. The number of nitrogens with one attached hydrogen (secondary N) is 2. The Bertz CT molecular complexity index is 1770. The minimum atomic E-state index is -0.669. The first-order chi connectivity index (χ1) is 19.3. The molecule has 0 aliphatic carbocycles. The number of halogens is 3. The van der Waals surface area contributed by atoms with Gasteiger partial charge in [0, 0.05) is 36.4 Å². The summed E-state index contributed by atoms with van der Waals surface area (Å²) in [5, 5.41) is 8.43. The van der Waals surface area contributed by atoms with Crippen molar-refractivity contribution in [3.05, 3.63) is 115 Å². The average molecular weight is 657 g/mol. The molecule has 5 aromatic rings. The number of fused-ring (bicyclic) bond motifs is 1. The summed E-state index contributed by atoms with van der Waals surface area (Å²) in [7, 11) is 0. The van der Waals surface area contributed by atoms with Gasteiger partial charge in [-0.2, -0.15) is 5.10 Å². The second kappa shape index (κ2) is 12.1. The van der Waals surface area contributed by atoms with Gasteiger partial charge >= 0.3 is 5.97 Å². The molecule has 0 atom stereocenters. The lowest BCUT2D eigenvalue weighted by atomic mass is 10.2. The third-order valence-corrected chi connectivity index (χ3v) is 7.85. The average Bonchev–Trinajstić information content (AvgIpc) is 3.59. The molecule has 12 heteroatoms. The zero-order valence-electron chi connectivity index (χ0n) is 20.1. The van der Waals surface area contributed by atoms with Crippen LogP contribution in [0.3, 0.4) is 0 Å². The predicted octanol–water partition coefficient (Wildman–Crippen LogP) is 7.80. The number of hydrazone groups is 1. The molecular weight excluding hydrogens is 641 g/mol. The fourth-order valence-corrected chi connectivity index (χ4v) is 5.63. The van der Waals surface area contributed by atoms with E-state index in [1.165, 1.54) is 29.9 Å². The Morgan fingerprint density at radius 2 is 1.77 bits per heavy atom. The van der Waals surface area contributed by atoms with Crippen LogP contribution in [0.5, 0.6) is 5.75 Å². The number of esters is 1. The molecule has 0 aliphatic heterocycles. The van der Waals surface area contributed by atoms with Crippen LogP contribution in [0.15, 0.2) is 93.1 Å². The van der Waals surface area contributed by atoms with Gasteiger partial charge in [-0.3, -0.25) is 9.59 Å². The van der Waals surface area contributed by atoms with E-state index in [1.807, 2.05) is 0 Å². The quantitative estimate of drug-likeness (QED) is 0.0804. The largest absolute Gasteiger partial charge is 0.457 e. The molecule has 0 radical (unpaired) electrons. The van der Waals surface area contributed by atoms with E-state index in [0.717, 1.165) is 14.6 Å². The van der Waals surface area contributed by atoms with Crippen LogP contribution in [0, 0.1) is 0 Å². The van der Waals surface area contributed by atoms with Gasteiger partial charge < -0.3 is 14.5 Å². The number of carbonyl (C=O) groups is 3. The molecule has 0 fully saturated rings. The van der Waals surface area contributed by atoms with Crippen LogP contribution in [0.25, 0.3) is 10.1 Å². The van der Waals surface area contributed by atoms with Gasteiger partial charge in [0.25, 0.3) is 11.8 Å². The van der Waals surface area contributed by atoms with Gasteiger partial charge in [0.05, 0.1) is 17.5 Å². The van der Waals surface area contributed by atoms with Gasteiger partial charge in [-0.05, 0) is 66.7 Å². The molecule has 2 heterocycles. The van der Waals surface area contributed by atoms with E-state index in [0.29, 0.717) is 31.7 Å². The van der Waals surface area contributed by atoms with E-state index in [-0.39, 0.29) is 17.4 Å². The molecule has 40 heavy (non-hydrogen) atoms. The second-order valence-electron chi connectivity index (χ2n) is 8.17. The lowest BCUT2D eigenvalue weighted by molar-refractivity contribution is 0.0700. The molecule has 5 rings (SSSR count). The van der Waals surface area contributed by atoms with Gasteiger partial charge in [-0.15, -0.1) is 11.3 Å². The van der Waals surface area contributed by atoms with Crippen molar-refractivity contribution in [2.45, 2.75) is 0 Å². The van der Waals surface area contributed by atoms with E-state index in [4.69, 9.17) is 32.4 Å². The van der Waals surface area contributed by atoms with E-state index in [9.17, 15) is 14.4 Å². The maximum atomic E-state index is 12.8. The van der Waals surface area contributed by atoms with Gasteiger partial charge in [0.2, 0.25) is 5.76 Å². The third-order valence-electron chi connectivity index (χ3n) is 5.47. The maximum absolute atomic E-state index is 12.8. The standard InChI is InChI=1S/C28H16BrCl2N3O5S/c29-17-5-10-21(39-28(37)22-2-1-11-38-22)16(12-17)14-32-34-26(35)15-3-7-19(8-4-15)33-27(36)25-24(31)20-9-6-18(30)13-23(20)40-25/h1-14H,(H,33,36)(H,34,35)/b32-14-. The molecule has 2 aromatic heterocycles. The Morgan fingerprint density at radius 1 is 0.975 bits per heavy atom. The molecule has 3 aromatic carbocycles. The summed E-state index contributed by atoms with van der Waals surface area (Å²) in [6.45, 7) is 0. The highest BCUT2D eigenvalue weighted by Gasteiger charge is 2.18. The number of nitrogens with zero attached hydrogens (tertiary/aromatic N) is 1. The molecular formula is C28H16BrCl2N3O5S. The van der Waals surface area contributed by atoms with E-state index in [2.05, 4.69) is 31.8 Å². The van der Waals surface area contributed by atoms with Crippen molar-refractivity contribution < 1.29 is 23.5 Å². The Hall–Kier alpha value is -3.96. The van der Waals surface area contributed by atoms with Gasteiger partial charge in [-0.25, -0.2) is 10.2 Å². The number of rotatable bonds is 7. The van der Waals surface area contributed by atoms with Crippen molar-refractivity contribution in [2.24, 2.45) is 5.10 Å². The number of anilines is 1. The summed E-state index contributed by atoms with van der Waals surface area (Å²) in [5.74, 6) is -1.25. The third kappa shape index (κ3) is 6.26. The molecule has 0 bridgehead atoms. The molecule has 0 unspecified atom stereocenters. The van der Waals surface area contributed by atoms with Crippen molar-refractivity contribution >= 4 is 90.2 Å². The number of hydrogen-bond donors (Lipinski definition) is 2. The van der Waals surface area contributed by atoms with Crippen LogP contribution in [0.2, 0.25) is 10.0 Å². The summed E-state index contributed by atoms with van der Waals surface area (Å²) in [6.07, 6.45) is 2.72. The maximum Gasteiger partial charge on any atom is 0.379 e. The van der Waals surface area contributed by atoms with E-state index in [1.54, 1.807) is 66.7 Å². The summed E-state index contributed by atoms with van der Waals surface area (Å²) in [5.41, 5.74) is 3.66. The van der Waals surface area contributed by atoms with Crippen LogP contribution in [-0.2, 0) is 0 Å². The Kier molecular flexibility index (Phi) is 8.32. The van der Waals surface area contributed by atoms with Gasteiger partial charge in [-0.1, -0.05) is 45.2 Å². The first-order valence-electron chi connectivity index (χ1n) is 11.5. The first kappa shape index (κ1) is 27.6. The summed E-state index contributed by atoms with van der Waals surface area (Å²) in [6, 6.07) is 19.5. The second-order valence-corrected chi connectivity index (χ2v) is 10.9. The highest BCUT2D eigenvalue weighted by atomic mass is 79.9. The Labute approximate surface area is 249 Å². The van der Waals surface area contributed by atoms with Crippen molar-refractivity contribution in [3.63, 3.8) is 0 Å². The number of thiophene rings is 1. The zero-order chi connectivity index (χ0) is 28.2. The van der Waals surface area contributed by atoms with E-state index >= 15 is 0 Å². The summed E-state index contributed by atoms with van der Waals surface area (Å²) in [4.78, 5) is 38.0. The number of hydrogen-bond acceptors (Lipinski definition) is 7. The monoisotopic (exact) mass is 655 g/mol. The minimum Gasteiger partial charge on any atom is -0.457 e. The Balaban J connectivity index is 1.22.